The van der Waals surface area contributed by atoms with E-state index in [-0.39, 0.29) is 58.7 Å². The van der Waals surface area contributed by atoms with Crippen LogP contribution in [0.2, 0.25) is 0 Å². The molecule has 0 bridgehead atoms. The summed E-state index contributed by atoms with van der Waals surface area (Å²) in [7, 11) is 1.29. The molecule has 0 unspecified atom stereocenters. The number of hydrogen-bond donors (Lipinski definition) is 6. The van der Waals surface area contributed by atoms with Gasteiger partial charge in [0, 0.05) is 35.6 Å². The highest BCUT2D eigenvalue weighted by molar-refractivity contribution is 5.97. The molecule has 0 saturated heterocycles. The van der Waals surface area contributed by atoms with Crippen molar-refractivity contribution in [3.05, 3.63) is 59.2 Å². The van der Waals surface area contributed by atoms with Crippen molar-refractivity contribution in [3.63, 3.8) is 0 Å². The number of carbonyl (C=O) groups is 1. The van der Waals surface area contributed by atoms with Crippen molar-refractivity contribution >= 4 is 5.78 Å². The predicted molar refractivity (Wildman–Crippen MR) is 115 cm³/mol. The van der Waals surface area contributed by atoms with Crippen molar-refractivity contribution < 1.29 is 44.9 Å². The van der Waals surface area contributed by atoms with Gasteiger partial charge in [-0.25, -0.2) is 0 Å². The number of Topliss-reactive ketones (excluding diaryl/α,β-unsaturated/α-hetero) is 1. The Morgan fingerprint density at radius 1 is 0.939 bits per heavy atom. The zero-order valence-corrected chi connectivity index (χ0v) is 17.5. The van der Waals surface area contributed by atoms with E-state index in [2.05, 4.69) is 0 Å². The van der Waals surface area contributed by atoms with E-state index in [1.54, 1.807) is 6.07 Å². The van der Waals surface area contributed by atoms with Gasteiger partial charge in [-0.2, -0.15) is 0 Å². The number of hydrogen-bond acceptors (Lipinski definition) is 9. The summed E-state index contributed by atoms with van der Waals surface area (Å²) in [5.74, 6) is -2.77. The number of carbonyl (C=O) groups excluding carboxylic acids is 1. The van der Waals surface area contributed by atoms with Crippen molar-refractivity contribution in [2.24, 2.45) is 5.92 Å². The Labute approximate surface area is 188 Å². The Kier molecular flexibility index (Phi) is 5.55. The van der Waals surface area contributed by atoms with Crippen LogP contribution >= 0.6 is 0 Å². The van der Waals surface area contributed by atoms with Crippen molar-refractivity contribution in [2.45, 2.75) is 18.9 Å². The third kappa shape index (κ3) is 4.12. The van der Waals surface area contributed by atoms with Crippen LogP contribution in [0.5, 0.6) is 46.0 Å². The molecule has 9 heteroatoms. The van der Waals surface area contributed by atoms with E-state index in [0.29, 0.717) is 11.1 Å². The summed E-state index contributed by atoms with van der Waals surface area (Å²) in [5.41, 5.74) is 0.994. The van der Waals surface area contributed by atoms with Gasteiger partial charge >= 0.3 is 0 Å². The molecule has 3 aromatic carbocycles. The highest BCUT2D eigenvalue weighted by Gasteiger charge is 2.35. The van der Waals surface area contributed by atoms with Crippen LogP contribution in [0.15, 0.2) is 42.5 Å². The van der Waals surface area contributed by atoms with Gasteiger partial charge in [-0.15, -0.1) is 0 Å². The average molecular weight is 454 g/mol. The number of phenols is 6. The highest BCUT2D eigenvalue weighted by atomic mass is 16.5. The second-order valence-corrected chi connectivity index (χ2v) is 7.87. The van der Waals surface area contributed by atoms with Crippen LogP contribution in [-0.2, 0) is 6.42 Å². The molecule has 4 rings (SSSR count). The number of ether oxygens (including phenoxy) is 2. The predicted octanol–water partition coefficient (Wildman–Crippen LogP) is 3.49. The molecule has 1 aliphatic rings. The standard InChI is InChI=1S/C24H22O9/c1-32-22-8-12(6-20(30)23(22)31)17(27)7-13-4-15-18(28)9-14(25)10-21(15)33-24(13)11-2-3-16(26)19(29)5-11/h2-3,5-6,8-10,13,24-26,28-31H,4,7H2,1H3/t13-,24+/m1/s1. The maximum absolute atomic E-state index is 13.1. The van der Waals surface area contributed by atoms with Crippen LogP contribution < -0.4 is 9.47 Å². The summed E-state index contributed by atoms with van der Waals surface area (Å²) in [6.45, 7) is 0. The molecule has 0 saturated carbocycles. The number of rotatable bonds is 5. The first-order chi connectivity index (χ1) is 15.7. The van der Waals surface area contributed by atoms with Crippen LogP contribution in [0.25, 0.3) is 0 Å². The van der Waals surface area contributed by atoms with Gasteiger partial charge in [0.1, 0.15) is 23.4 Å². The van der Waals surface area contributed by atoms with Crippen molar-refractivity contribution in [1.29, 1.82) is 0 Å². The van der Waals surface area contributed by atoms with Crippen molar-refractivity contribution in [3.8, 4) is 46.0 Å². The lowest BCUT2D eigenvalue weighted by Crippen LogP contribution is -2.28. The number of ketones is 1. The third-order valence-corrected chi connectivity index (χ3v) is 5.69. The lowest BCUT2D eigenvalue weighted by atomic mass is 9.82. The maximum atomic E-state index is 13.1. The fraction of sp³-hybridized carbons (Fsp3) is 0.208. The minimum Gasteiger partial charge on any atom is -0.508 e. The number of aromatic hydroxyl groups is 6. The lowest BCUT2D eigenvalue weighted by Gasteiger charge is -2.34. The topological polar surface area (TPSA) is 157 Å². The fourth-order valence-electron chi connectivity index (χ4n) is 4.03. The smallest absolute Gasteiger partial charge is 0.200 e. The molecule has 0 aliphatic carbocycles. The largest absolute Gasteiger partial charge is 0.508 e. The summed E-state index contributed by atoms with van der Waals surface area (Å²) in [6, 6.07) is 9.13. The Morgan fingerprint density at radius 2 is 1.70 bits per heavy atom. The number of fused-ring (bicyclic) bond motifs is 1. The van der Waals surface area contributed by atoms with Gasteiger partial charge in [0.25, 0.3) is 0 Å². The van der Waals surface area contributed by atoms with Crippen LogP contribution in [0, 0.1) is 5.92 Å². The Morgan fingerprint density at radius 3 is 2.39 bits per heavy atom. The summed E-state index contributed by atoms with van der Waals surface area (Å²) in [5, 5.41) is 59.5. The van der Waals surface area contributed by atoms with Crippen LogP contribution in [0.4, 0.5) is 0 Å². The van der Waals surface area contributed by atoms with Gasteiger partial charge in [0.05, 0.1) is 7.11 Å². The number of benzene rings is 3. The highest BCUT2D eigenvalue weighted by Crippen LogP contribution is 2.47. The van der Waals surface area contributed by atoms with Crippen molar-refractivity contribution in [1.82, 2.24) is 0 Å². The zero-order chi connectivity index (χ0) is 23.9. The lowest BCUT2D eigenvalue weighted by molar-refractivity contribution is 0.0797. The van der Waals surface area contributed by atoms with Gasteiger partial charge in [-0.3, -0.25) is 4.79 Å². The van der Waals surface area contributed by atoms with Crippen molar-refractivity contribution in [2.75, 3.05) is 7.11 Å². The first-order valence-corrected chi connectivity index (χ1v) is 10.0. The first kappa shape index (κ1) is 21.9. The average Bonchev–Trinajstić information content (AvgIpc) is 2.77. The molecule has 0 amide bonds. The molecule has 2 atom stereocenters. The molecule has 0 spiro atoms. The molecule has 33 heavy (non-hydrogen) atoms. The molecule has 0 radical (unpaired) electrons. The second-order valence-electron chi connectivity index (χ2n) is 7.87. The van der Waals surface area contributed by atoms with Gasteiger partial charge in [0.2, 0.25) is 5.75 Å². The van der Waals surface area contributed by atoms with Gasteiger partial charge in [0.15, 0.2) is 28.8 Å². The third-order valence-electron chi connectivity index (χ3n) is 5.69. The molecular formula is C24H22O9. The minimum absolute atomic E-state index is 0.0586. The molecule has 3 aromatic rings. The van der Waals surface area contributed by atoms with E-state index in [0.717, 1.165) is 6.07 Å². The molecule has 1 aliphatic heterocycles. The first-order valence-electron chi connectivity index (χ1n) is 10.0. The normalized spacial score (nSPS) is 17.1. The Balaban J connectivity index is 1.72. The van der Waals surface area contributed by atoms with E-state index in [9.17, 15) is 35.4 Å². The van der Waals surface area contributed by atoms with E-state index in [1.807, 2.05) is 0 Å². The molecule has 0 aromatic heterocycles. The molecule has 0 fully saturated rings. The fourth-order valence-corrected chi connectivity index (χ4v) is 4.03. The number of phenolic OH excluding ortho intramolecular Hbond substituents is 6. The summed E-state index contributed by atoms with van der Waals surface area (Å²) in [6.07, 6.45) is -0.637. The van der Waals surface area contributed by atoms with Gasteiger partial charge < -0.3 is 40.1 Å². The van der Waals surface area contributed by atoms with E-state index in [4.69, 9.17) is 9.47 Å². The molecule has 172 valence electrons. The SMILES string of the molecule is COc1cc(C(=O)C[C@H]2Cc3c(O)cc(O)cc3O[C@H]2c2ccc(O)c(O)c2)cc(O)c1O. The number of methoxy groups -OCH3 is 1. The van der Waals surface area contributed by atoms with Gasteiger partial charge in [-0.05, 0) is 36.2 Å². The van der Waals surface area contributed by atoms with Crippen LogP contribution in [0.1, 0.15) is 34.0 Å². The van der Waals surface area contributed by atoms with E-state index >= 15 is 0 Å². The molecule has 6 N–H and O–H groups in total. The minimum atomic E-state index is -0.762. The Bertz CT molecular complexity index is 1240. The summed E-state index contributed by atoms with van der Waals surface area (Å²) < 4.78 is 11.0. The van der Waals surface area contributed by atoms with E-state index < -0.39 is 23.5 Å². The van der Waals surface area contributed by atoms with Gasteiger partial charge in [-0.1, -0.05) is 6.07 Å². The summed E-state index contributed by atoms with van der Waals surface area (Å²) >= 11 is 0. The quantitative estimate of drug-likeness (QED) is 0.251. The Hall–Kier alpha value is -4.27. The molecule has 1 heterocycles. The van der Waals surface area contributed by atoms with Crippen LogP contribution in [0.3, 0.4) is 0 Å². The second kappa shape index (κ2) is 8.34. The maximum Gasteiger partial charge on any atom is 0.200 e. The van der Waals surface area contributed by atoms with Crippen LogP contribution in [-0.4, -0.2) is 43.5 Å². The van der Waals surface area contributed by atoms with E-state index in [1.165, 1.54) is 37.4 Å². The molecular weight excluding hydrogens is 432 g/mol. The monoisotopic (exact) mass is 454 g/mol. The zero-order valence-electron chi connectivity index (χ0n) is 17.5. The summed E-state index contributed by atoms with van der Waals surface area (Å²) in [4.78, 5) is 13.1. The molecule has 9 nitrogen and oxygen atoms in total.